The SMILES string of the molecule is CC(C)C(=O)NNc1nc(-c2ccccc2)c2cc(Cl)ccc2n1. The van der Waals surface area contributed by atoms with Gasteiger partial charge in [0.05, 0.1) is 11.2 Å². The van der Waals surface area contributed by atoms with Crippen molar-refractivity contribution in [1.82, 2.24) is 15.4 Å². The fraction of sp³-hybridized carbons (Fsp3) is 0.167. The monoisotopic (exact) mass is 340 g/mol. The van der Waals surface area contributed by atoms with E-state index in [1.807, 2.05) is 56.3 Å². The number of hydrazine groups is 1. The van der Waals surface area contributed by atoms with E-state index in [1.54, 1.807) is 6.07 Å². The summed E-state index contributed by atoms with van der Waals surface area (Å²) in [7, 11) is 0. The minimum Gasteiger partial charge on any atom is -0.273 e. The number of fused-ring (bicyclic) bond motifs is 1. The predicted octanol–water partition coefficient (Wildman–Crippen LogP) is 4.05. The van der Waals surface area contributed by atoms with Crippen molar-refractivity contribution in [1.29, 1.82) is 0 Å². The first-order valence-electron chi connectivity index (χ1n) is 7.63. The summed E-state index contributed by atoms with van der Waals surface area (Å²) >= 11 is 6.13. The number of halogens is 1. The van der Waals surface area contributed by atoms with Crippen LogP contribution in [0.25, 0.3) is 22.2 Å². The molecule has 0 spiro atoms. The Bertz CT molecular complexity index is 881. The van der Waals surface area contributed by atoms with Gasteiger partial charge in [0.25, 0.3) is 0 Å². The molecule has 0 fully saturated rings. The summed E-state index contributed by atoms with van der Waals surface area (Å²) in [5, 5.41) is 1.48. The Morgan fingerprint density at radius 3 is 2.54 bits per heavy atom. The molecule has 1 heterocycles. The van der Waals surface area contributed by atoms with Crippen molar-refractivity contribution in [3.05, 3.63) is 53.6 Å². The molecule has 6 heteroatoms. The minimum atomic E-state index is -0.134. The Balaban J connectivity index is 2.06. The molecule has 2 aromatic carbocycles. The van der Waals surface area contributed by atoms with Crippen LogP contribution in [0.15, 0.2) is 48.5 Å². The lowest BCUT2D eigenvalue weighted by Gasteiger charge is -2.12. The summed E-state index contributed by atoms with van der Waals surface area (Å²) in [5.74, 6) is 0.0686. The summed E-state index contributed by atoms with van der Waals surface area (Å²) in [4.78, 5) is 20.7. The molecule has 0 saturated heterocycles. The van der Waals surface area contributed by atoms with Crippen molar-refractivity contribution in [3.63, 3.8) is 0 Å². The average molecular weight is 341 g/mol. The van der Waals surface area contributed by atoms with Crippen LogP contribution in [0.1, 0.15) is 13.8 Å². The van der Waals surface area contributed by atoms with E-state index in [2.05, 4.69) is 20.8 Å². The van der Waals surface area contributed by atoms with Gasteiger partial charge in [0, 0.05) is 21.9 Å². The van der Waals surface area contributed by atoms with Gasteiger partial charge >= 0.3 is 0 Å². The number of benzene rings is 2. The molecule has 5 nitrogen and oxygen atoms in total. The molecule has 3 rings (SSSR count). The second kappa shape index (κ2) is 6.84. The van der Waals surface area contributed by atoms with Gasteiger partial charge in [-0.1, -0.05) is 55.8 Å². The molecule has 0 bridgehead atoms. The molecule has 1 aromatic heterocycles. The number of carbonyl (C=O) groups excluding carboxylic acids is 1. The van der Waals surface area contributed by atoms with Crippen molar-refractivity contribution in [2.75, 3.05) is 5.43 Å². The number of hydrogen-bond acceptors (Lipinski definition) is 4. The molecule has 24 heavy (non-hydrogen) atoms. The zero-order chi connectivity index (χ0) is 17.1. The van der Waals surface area contributed by atoms with Crippen LogP contribution in [-0.2, 0) is 4.79 Å². The molecule has 2 N–H and O–H groups in total. The Kier molecular flexibility index (Phi) is 4.62. The predicted molar refractivity (Wildman–Crippen MR) is 96.6 cm³/mol. The second-order valence-electron chi connectivity index (χ2n) is 5.69. The molecule has 0 saturated carbocycles. The number of nitrogens with one attached hydrogen (secondary N) is 2. The first kappa shape index (κ1) is 16.2. The molecular formula is C18H17ClN4O. The van der Waals surface area contributed by atoms with Crippen LogP contribution >= 0.6 is 11.6 Å². The Morgan fingerprint density at radius 1 is 1.08 bits per heavy atom. The van der Waals surface area contributed by atoms with E-state index in [1.165, 1.54) is 0 Å². The smallest absolute Gasteiger partial charge is 0.242 e. The van der Waals surface area contributed by atoms with E-state index in [0.717, 1.165) is 22.2 Å². The topological polar surface area (TPSA) is 66.9 Å². The molecular weight excluding hydrogens is 324 g/mol. The summed E-state index contributed by atoms with van der Waals surface area (Å²) in [5.41, 5.74) is 7.85. The standard InChI is InChI=1S/C18H17ClN4O/c1-11(2)17(24)22-23-18-20-15-9-8-13(19)10-14(15)16(21-18)12-6-4-3-5-7-12/h3-11H,1-2H3,(H,22,24)(H,20,21,23). The molecule has 0 atom stereocenters. The van der Waals surface area contributed by atoms with Crippen molar-refractivity contribution in [2.24, 2.45) is 5.92 Å². The second-order valence-corrected chi connectivity index (χ2v) is 6.13. The van der Waals surface area contributed by atoms with E-state index in [0.29, 0.717) is 11.0 Å². The number of aromatic nitrogens is 2. The third-order valence-corrected chi connectivity index (χ3v) is 3.76. The van der Waals surface area contributed by atoms with E-state index in [-0.39, 0.29) is 11.8 Å². The lowest BCUT2D eigenvalue weighted by Crippen LogP contribution is -2.33. The van der Waals surface area contributed by atoms with Gasteiger partial charge in [-0.2, -0.15) is 0 Å². The maximum atomic E-state index is 11.7. The van der Waals surface area contributed by atoms with Crippen LogP contribution in [-0.4, -0.2) is 15.9 Å². The molecule has 0 aliphatic heterocycles. The molecule has 1 amide bonds. The van der Waals surface area contributed by atoms with E-state index in [4.69, 9.17) is 11.6 Å². The lowest BCUT2D eigenvalue weighted by atomic mass is 10.1. The van der Waals surface area contributed by atoms with Crippen LogP contribution in [0, 0.1) is 5.92 Å². The lowest BCUT2D eigenvalue weighted by molar-refractivity contribution is -0.123. The Hall–Kier alpha value is -2.66. The number of anilines is 1. The highest BCUT2D eigenvalue weighted by atomic mass is 35.5. The number of rotatable bonds is 4. The van der Waals surface area contributed by atoms with Crippen LogP contribution in [0.2, 0.25) is 5.02 Å². The summed E-state index contributed by atoms with van der Waals surface area (Å²) in [6.07, 6.45) is 0. The number of hydrogen-bond donors (Lipinski definition) is 2. The maximum absolute atomic E-state index is 11.7. The van der Waals surface area contributed by atoms with Gasteiger partial charge in [0.15, 0.2) is 0 Å². The molecule has 3 aromatic rings. The molecule has 0 aliphatic carbocycles. The fourth-order valence-electron chi connectivity index (χ4n) is 2.23. The third-order valence-electron chi connectivity index (χ3n) is 3.53. The quantitative estimate of drug-likeness (QED) is 0.703. The first-order chi connectivity index (χ1) is 11.5. The Labute approximate surface area is 145 Å². The van der Waals surface area contributed by atoms with E-state index >= 15 is 0 Å². The van der Waals surface area contributed by atoms with Crippen molar-refractivity contribution in [3.8, 4) is 11.3 Å². The zero-order valence-corrected chi connectivity index (χ0v) is 14.1. The van der Waals surface area contributed by atoms with Gasteiger partial charge in [0.2, 0.25) is 11.9 Å². The van der Waals surface area contributed by atoms with E-state index < -0.39 is 0 Å². The van der Waals surface area contributed by atoms with Crippen LogP contribution in [0.4, 0.5) is 5.95 Å². The summed E-state index contributed by atoms with van der Waals surface area (Å²) < 4.78 is 0. The average Bonchev–Trinajstić information content (AvgIpc) is 2.59. The highest BCUT2D eigenvalue weighted by Gasteiger charge is 2.12. The van der Waals surface area contributed by atoms with Gasteiger partial charge in [-0.05, 0) is 18.2 Å². The summed E-state index contributed by atoms with van der Waals surface area (Å²) in [6.45, 7) is 3.63. The van der Waals surface area contributed by atoms with Gasteiger partial charge in [-0.15, -0.1) is 0 Å². The molecule has 0 aliphatic rings. The molecule has 122 valence electrons. The number of amides is 1. The maximum Gasteiger partial charge on any atom is 0.242 e. The van der Waals surface area contributed by atoms with Gasteiger partial charge < -0.3 is 0 Å². The highest BCUT2D eigenvalue weighted by molar-refractivity contribution is 6.31. The fourth-order valence-corrected chi connectivity index (χ4v) is 2.41. The molecule has 0 unspecified atom stereocenters. The van der Waals surface area contributed by atoms with E-state index in [9.17, 15) is 4.79 Å². The number of nitrogens with zero attached hydrogens (tertiary/aromatic N) is 2. The number of carbonyl (C=O) groups is 1. The van der Waals surface area contributed by atoms with Crippen molar-refractivity contribution in [2.45, 2.75) is 13.8 Å². The van der Waals surface area contributed by atoms with Gasteiger partial charge in [-0.3, -0.25) is 15.6 Å². The summed E-state index contributed by atoms with van der Waals surface area (Å²) in [6, 6.07) is 15.2. The van der Waals surface area contributed by atoms with Crippen LogP contribution < -0.4 is 10.9 Å². The van der Waals surface area contributed by atoms with Crippen LogP contribution in [0.5, 0.6) is 0 Å². The van der Waals surface area contributed by atoms with Gasteiger partial charge in [-0.25, -0.2) is 9.97 Å². The Morgan fingerprint density at radius 2 is 1.83 bits per heavy atom. The normalized spacial score (nSPS) is 10.8. The highest BCUT2D eigenvalue weighted by Crippen LogP contribution is 2.29. The van der Waals surface area contributed by atoms with Crippen LogP contribution in [0.3, 0.4) is 0 Å². The molecule has 0 radical (unpaired) electrons. The largest absolute Gasteiger partial charge is 0.273 e. The first-order valence-corrected chi connectivity index (χ1v) is 8.01. The third kappa shape index (κ3) is 3.46. The van der Waals surface area contributed by atoms with Gasteiger partial charge in [0.1, 0.15) is 0 Å². The zero-order valence-electron chi connectivity index (χ0n) is 13.4. The minimum absolute atomic E-state index is 0.129. The van der Waals surface area contributed by atoms with Crippen molar-refractivity contribution < 1.29 is 4.79 Å². The van der Waals surface area contributed by atoms with Crippen molar-refractivity contribution >= 4 is 34.4 Å².